The lowest BCUT2D eigenvalue weighted by Crippen LogP contribution is -2.32. The maximum atomic E-state index is 6.10. The number of morpholine rings is 1. The van der Waals surface area contributed by atoms with Gasteiger partial charge in [-0.1, -0.05) is 23.2 Å². The lowest BCUT2D eigenvalue weighted by molar-refractivity contribution is 0.0396. The van der Waals surface area contributed by atoms with Crippen molar-refractivity contribution < 1.29 is 9.47 Å². The van der Waals surface area contributed by atoms with Gasteiger partial charge in [-0.15, -0.1) is 0 Å². The van der Waals surface area contributed by atoms with Gasteiger partial charge in [0.15, 0.2) is 0 Å². The highest BCUT2D eigenvalue weighted by atomic mass is 35.5. The Morgan fingerprint density at radius 3 is 2.80 bits per heavy atom. The van der Waals surface area contributed by atoms with Crippen LogP contribution in [0.3, 0.4) is 0 Å². The van der Waals surface area contributed by atoms with Gasteiger partial charge in [0.2, 0.25) is 0 Å². The van der Waals surface area contributed by atoms with E-state index in [1.165, 1.54) is 0 Å². The molecule has 2 heterocycles. The first-order valence-electron chi connectivity index (χ1n) is 6.41. The molecule has 0 bridgehead atoms. The van der Waals surface area contributed by atoms with Crippen molar-refractivity contribution >= 4 is 35.5 Å². The van der Waals surface area contributed by atoms with Crippen LogP contribution in [-0.4, -0.2) is 44.1 Å². The second-order valence-corrected chi connectivity index (χ2v) is 5.47. The molecule has 0 unspecified atom stereocenters. The molecule has 0 aromatic heterocycles. The van der Waals surface area contributed by atoms with Gasteiger partial charge in [0.05, 0.1) is 37.5 Å². The number of ether oxygens (including phenoxy) is 2. The largest absolute Gasteiger partial charge is 0.487 e. The Morgan fingerprint density at radius 1 is 1.20 bits per heavy atom. The van der Waals surface area contributed by atoms with Crippen LogP contribution in [0, 0.1) is 0 Å². The summed E-state index contributed by atoms with van der Waals surface area (Å²) in [7, 11) is 0. The molecule has 0 aliphatic carbocycles. The van der Waals surface area contributed by atoms with Crippen LogP contribution >= 0.6 is 23.2 Å². The summed E-state index contributed by atoms with van der Waals surface area (Å²) in [4.78, 5) is 0. The van der Waals surface area contributed by atoms with E-state index in [9.17, 15) is 0 Å². The summed E-state index contributed by atoms with van der Waals surface area (Å²) < 4.78 is 10.9. The number of hydrogen-bond donors (Lipinski definition) is 0. The number of nitrogens with zero attached hydrogens (tertiary/aromatic N) is 2. The van der Waals surface area contributed by atoms with Gasteiger partial charge in [-0.2, -0.15) is 5.10 Å². The molecule has 1 fully saturated rings. The summed E-state index contributed by atoms with van der Waals surface area (Å²) in [6, 6.07) is 3.52. The zero-order chi connectivity index (χ0) is 13.9. The third-order valence-corrected chi connectivity index (χ3v) is 3.63. The SMILES string of the molecule is Clc1cc(Cl)c2c(c1)C=C(C=NN1CCOCC1)CO2. The molecule has 4 nitrogen and oxygen atoms in total. The molecule has 0 saturated carbocycles. The van der Waals surface area contributed by atoms with Crippen LogP contribution in [0.15, 0.2) is 22.8 Å². The summed E-state index contributed by atoms with van der Waals surface area (Å²) in [5.74, 6) is 0.680. The van der Waals surface area contributed by atoms with Crippen molar-refractivity contribution in [3.05, 3.63) is 33.3 Å². The highest BCUT2D eigenvalue weighted by Gasteiger charge is 2.15. The van der Waals surface area contributed by atoms with Gasteiger partial charge in [0, 0.05) is 16.2 Å². The molecular formula is C14H14Cl2N2O2. The average molecular weight is 313 g/mol. The maximum Gasteiger partial charge on any atom is 0.145 e. The number of halogens is 2. The van der Waals surface area contributed by atoms with E-state index in [4.69, 9.17) is 32.7 Å². The molecule has 0 spiro atoms. The van der Waals surface area contributed by atoms with Crippen molar-refractivity contribution in [1.82, 2.24) is 5.01 Å². The van der Waals surface area contributed by atoms with E-state index in [1.54, 1.807) is 6.07 Å². The van der Waals surface area contributed by atoms with Crippen LogP contribution in [-0.2, 0) is 4.74 Å². The summed E-state index contributed by atoms with van der Waals surface area (Å²) in [5.41, 5.74) is 1.87. The van der Waals surface area contributed by atoms with Crippen LogP contribution in [0.25, 0.3) is 6.08 Å². The van der Waals surface area contributed by atoms with Crippen LogP contribution in [0.5, 0.6) is 5.75 Å². The van der Waals surface area contributed by atoms with Gasteiger partial charge in [-0.3, -0.25) is 5.01 Å². The topological polar surface area (TPSA) is 34.1 Å². The lowest BCUT2D eigenvalue weighted by atomic mass is 10.1. The quantitative estimate of drug-likeness (QED) is 0.787. The van der Waals surface area contributed by atoms with Gasteiger partial charge in [0.1, 0.15) is 12.4 Å². The number of hydrogen-bond acceptors (Lipinski definition) is 4. The van der Waals surface area contributed by atoms with E-state index in [0.717, 1.165) is 37.4 Å². The standard InChI is InChI=1S/C14H14Cl2N2O2/c15-12-6-11-5-10(9-20-14(11)13(16)7-12)8-17-18-1-3-19-4-2-18/h5-8H,1-4,9H2. The Hall–Kier alpha value is -1.23. The first kappa shape index (κ1) is 13.7. The molecule has 0 amide bonds. The van der Waals surface area contributed by atoms with Crippen molar-refractivity contribution in [2.45, 2.75) is 0 Å². The van der Waals surface area contributed by atoms with Crippen molar-refractivity contribution in [2.75, 3.05) is 32.9 Å². The summed E-state index contributed by atoms with van der Waals surface area (Å²) >= 11 is 12.1. The van der Waals surface area contributed by atoms with Crippen LogP contribution in [0.2, 0.25) is 10.0 Å². The molecule has 0 atom stereocenters. The smallest absolute Gasteiger partial charge is 0.145 e. The minimum Gasteiger partial charge on any atom is -0.487 e. The Morgan fingerprint density at radius 2 is 2.00 bits per heavy atom. The van der Waals surface area contributed by atoms with Crippen molar-refractivity contribution in [1.29, 1.82) is 0 Å². The van der Waals surface area contributed by atoms with Crippen LogP contribution in [0.4, 0.5) is 0 Å². The van der Waals surface area contributed by atoms with Gasteiger partial charge in [-0.05, 0) is 18.2 Å². The highest BCUT2D eigenvalue weighted by Crippen LogP contribution is 2.36. The zero-order valence-corrected chi connectivity index (χ0v) is 12.3. The number of hydrazone groups is 1. The summed E-state index contributed by atoms with van der Waals surface area (Å²) in [6.45, 7) is 3.54. The third-order valence-electron chi connectivity index (χ3n) is 3.14. The Balaban J connectivity index is 1.78. The van der Waals surface area contributed by atoms with E-state index < -0.39 is 0 Å². The minimum absolute atomic E-state index is 0.461. The van der Waals surface area contributed by atoms with Gasteiger partial charge in [-0.25, -0.2) is 0 Å². The Labute approximate surface area is 127 Å². The fourth-order valence-electron chi connectivity index (χ4n) is 2.14. The van der Waals surface area contributed by atoms with Crippen LogP contribution < -0.4 is 4.74 Å². The fraction of sp³-hybridized carbons (Fsp3) is 0.357. The van der Waals surface area contributed by atoms with Crippen molar-refractivity contribution in [3.8, 4) is 5.75 Å². The molecule has 0 radical (unpaired) electrons. The summed E-state index contributed by atoms with van der Waals surface area (Å²) in [5, 5.41) is 7.56. The first-order valence-corrected chi connectivity index (χ1v) is 7.17. The lowest BCUT2D eigenvalue weighted by Gasteiger charge is -2.24. The van der Waals surface area contributed by atoms with Gasteiger partial charge < -0.3 is 9.47 Å². The predicted octanol–water partition coefficient (Wildman–Crippen LogP) is 3.09. The normalized spacial score (nSPS) is 18.7. The van der Waals surface area contributed by atoms with Crippen molar-refractivity contribution in [2.24, 2.45) is 5.10 Å². The Kier molecular flexibility index (Phi) is 4.15. The molecule has 2 aliphatic heterocycles. The molecular weight excluding hydrogens is 299 g/mol. The molecule has 106 valence electrons. The third kappa shape index (κ3) is 3.08. The number of benzene rings is 1. The van der Waals surface area contributed by atoms with Crippen molar-refractivity contribution in [3.63, 3.8) is 0 Å². The molecule has 20 heavy (non-hydrogen) atoms. The molecule has 1 aromatic carbocycles. The molecule has 6 heteroatoms. The number of fused-ring (bicyclic) bond motifs is 1. The second-order valence-electron chi connectivity index (χ2n) is 4.62. The van der Waals surface area contributed by atoms with E-state index in [1.807, 2.05) is 23.4 Å². The molecule has 2 aliphatic rings. The van der Waals surface area contributed by atoms with E-state index in [-0.39, 0.29) is 0 Å². The summed E-state index contributed by atoms with van der Waals surface area (Å²) in [6.07, 6.45) is 3.82. The van der Waals surface area contributed by atoms with Gasteiger partial charge in [0.25, 0.3) is 0 Å². The number of rotatable bonds is 2. The van der Waals surface area contributed by atoms with E-state index in [0.29, 0.717) is 22.4 Å². The van der Waals surface area contributed by atoms with E-state index >= 15 is 0 Å². The van der Waals surface area contributed by atoms with Crippen LogP contribution in [0.1, 0.15) is 5.56 Å². The molecule has 1 saturated heterocycles. The fourth-order valence-corrected chi connectivity index (χ4v) is 2.70. The molecule has 1 aromatic rings. The molecule has 0 N–H and O–H groups in total. The predicted molar refractivity (Wildman–Crippen MR) is 80.8 cm³/mol. The maximum absolute atomic E-state index is 6.10. The highest BCUT2D eigenvalue weighted by molar-refractivity contribution is 6.36. The Bertz CT molecular complexity index is 567. The zero-order valence-electron chi connectivity index (χ0n) is 10.8. The van der Waals surface area contributed by atoms with E-state index in [2.05, 4.69) is 5.10 Å². The first-order chi connectivity index (χ1) is 9.72. The van der Waals surface area contributed by atoms with Gasteiger partial charge >= 0.3 is 0 Å². The average Bonchev–Trinajstić information content (AvgIpc) is 2.45. The molecule has 3 rings (SSSR count). The minimum atomic E-state index is 0.461. The second kappa shape index (κ2) is 6.04. The monoisotopic (exact) mass is 312 g/mol.